The molecule has 1 aliphatic heterocycles. The van der Waals surface area contributed by atoms with Gasteiger partial charge in [0.25, 0.3) is 0 Å². The zero-order valence-electron chi connectivity index (χ0n) is 9.53. The van der Waals surface area contributed by atoms with Crippen molar-refractivity contribution in [3.63, 3.8) is 0 Å². The fraction of sp³-hybridized carbons (Fsp3) is 0.385. The van der Waals surface area contributed by atoms with E-state index in [1.54, 1.807) is 4.90 Å². The second kappa shape index (κ2) is 3.87. The van der Waals surface area contributed by atoms with Crippen LogP contribution in [0.4, 0.5) is 5.69 Å². The maximum Gasteiger partial charge on any atom is 0.246 e. The summed E-state index contributed by atoms with van der Waals surface area (Å²) in [6.45, 7) is 0.244. The van der Waals surface area contributed by atoms with E-state index in [0.29, 0.717) is 0 Å². The number of hydrogen-bond acceptors (Lipinski definition) is 2. The summed E-state index contributed by atoms with van der Waals surface area (Å²) in [4.78, 5) is 24.6. The summed E-state index contributed by atoms with van der Waals surface area (Å²) in [7, 11) is 0. The average Bonchev–Trinajstić information content (AvgIpc) is 2.79. The molecule has 0 saturated carbocycles. The van der Waals surface area contributed by atoms with Crippen LogP contribution in [0.1, 0.15) is 17.5 Å². The van der Waals surface area contributed by atoms with E-state index in [1.165, 1.54) is 17.5 Å². The number of rotatable bonds is 1. The zero-order chi connectivity index (χ0) is 11.8. The van der Waals surface area contributed by atoms with Crippen LogP contribution >= 0.6 is 0 Å². The molecule has 3 rings (SSSR count). The maximum atomic E-state index is 11.8. The molecule has 4 nitrogen and oxygen atoms in total. The molecule has 2 amide bonds. The van der Waals surface area contributed by atoms with Gasteiger partial charge < -0.3 is 10.2 Å². The first-order valence-electron chi connectivity index (χ1n) is 5.93. The highest BCUT2D eigenvalue weighted by Gasteiger charge is 2.25. The Hall–Kier alpha value is -1.84. The first-order chi connectivity index (χ1) is 8.24. The lowest BCUT2D eigenvalue weighted by molar-refractivity contribution is -0.128. The molecule has 0 aromatic heterocycles. The molecule has 0 radical (unpaired) electrons. The summed E-state index contributed by atoms with van der Waals surface area (Å²) in [5.74, 6) is -0.132. The van der Waals surface area contributed by atoms with Gasteiger partial charge in [0, 0.05) is 5.69 Å². The SMILES string of the molecule is O=C1CN(c2ccc3c(c2)CCC3)C(=O)CN1. The number of benzene rings is 1. The third kappa shape index (κ3) is 1.79. The van der Waals surface area contributed by atoms with Gasteiger partial charge in [-0.3, -0.25) is 9.59 Å². The lowest BCUT2D eigenvalue weighted by atomic mass is 10.1. The van der Waals surface area contributed by atoms with Crippen LogP contribution in [0, 0.1) is 0 Å². The largest absolute Gasteiger partial charge is 0.345 e. The predicted octanol–water partition coefficient (Wildman–Crippen LogP) is 0.638. The van der Waals surface area contributed by atoms with E-state index < -0.39 is 0 Å². The van der Waals surface area contributed by atoms with Crippen molar-refractivity contribution in [3.05, 3.63) is 29.3 Å². The first kappa shape index (κ1) is 10.3. The van der Waals surface area contributed by atoms with Crippen molar-refractivity contribution in [2.75, 3.05) is 18.0 Å². The molecular formula is C13H14N2O2. The van der Waals surface area contributed by atoms with Crippen LogP contribution < -0.4 is 10.2 Å². The Morgan fingerprint density at radius 1 is 1.12 bits per heavy atom. The lowest BCUT2D eigenvalue weighted by Gasteiger charge is -2.27. The monoisotopic (exact) mass is 230 g/mol. The van der Waals surface area contributed by atoms with Crippen LogP contribution in [0.3, 0.4) is 0 Å². The number of nitrogens with zero attached hydrogens (tertiary/aromatic N) is 1. The number of carbonyl (C=O) groups excluding carboxylic acids is 2. The minimum atomic E-state index is -0.0925. The Balaban J connectivity index is 1.92. The van der Waals surface area contributed by atoms with Gasteiger partial charge in [-0.25, -0.2) is 0 Å². The molecule has 0 unspecified atom stereocenters. The van der Waals surface area contributed by atoms with Crippen molar-refractivity contribution in [2.24, 2.45) is 0 Å². The van der Waals surface area contributed by atoms with Gasteiger partial charge >= 0.3 is 0 Å². The van der Waals surface area contributed by atoms with Crippen LogP contribution in [0.2, 0.25) is 0 Å². The third-order valence-corrected chi connectivity index (χ3v) is 3.43. The number of fused-ring (bicyclic) bond motifs is 1. The quantitative estimate of drug-likeness (QED) is 0.769. The summed E-state index contributed by atoms with van der Waals surface area (Å²) >= 11 is 0. The van der Waals surface area contributed by atoms with E-state index in [9.17, 15) is 9.59 Å². The molecule has 88 valence electrons. The second-order valence-corrected chi connectivity index (χ2v) is 4.56. The lowest BCUT2D eigenvalue weighted by Crippen LogP contribution is -2.51. The minimum absolute atomic E-state index is 0.0393. The van der Waals surface area contributed by atoms with Gasteiger partial charge in [-0.05, 0) is 42.5 Å². The number of nitrogens with one attached hydrogen (secondary N) is 1. The number of aryl methyl sites for hydroxylation is 2. The molecule has 1 fully saturated rings. The fourth-order valence-electron chi connectivity index (χ4n) is 2.52. The van der Waals surface area contributed by atoms with E-state index in [4.69, 9.17) is 0 Å². The Morgan fingerprint density at radius 3 is 2.82 bits per heavy atom. The topological polar surface area (TPSA) is 49.4 Å². The summed E-state index contributed by atoms with van der Waals surface area (Å²) in [6.07, 6.45) is 3.40. The summed E-state index contributed by atoms with van der Waals surface area (Å²) in [5, 5.41) is 2.55. The number of carbonyl (C=O) groups is 2. The van der Waals surface area contributed by atoms with Crippen LogP contribution in [0.25, 0.3) is 0 Å². The van der Waals surface area contributed by atoms with Crippen LogP contribution in [-0.2, 0) is 22.4 Å². The summed E-state index contributed by atoms with van der Waals surface area (Å²) in [5.41, 5.74) is 3.55. The first-order valence-corrected chi connectivity index (χ1v) is 5.93. The van der Waals surface area contributed by atoms with E-state index in [1.807, 2.05) is 6.07 Å². The van der Waals surface area contributed by atoms with Crippen molar-refractivity contribution in [1.82, 2.24) is 5.32 Å². The highest BCUT2D eigenvalue weighted by molar-refractivity contribution is 6.04. The van der Waals surface area contributed by atoms with Crippen LogP contribution in [0.15, 0.2) is 18.2 Å². The van der Waals surface area contributed by atoms with Gasteiger partial charge in [-0.1, -0.05) is 6.07 Å². The molecule has 1 aromatic rings. The van der Waals surface area contributed by atoms with Crippen LogP contribution in [0.5, 0.6) is 0 Å². The third-order valence-electron chi connectivity index (χ3n) is 3.43. The highest BCUT2D eigenvalue weighted by atomic mass is 16.2. The number of anilines is 1. The van der Waals surface area contributed by atoms with Crippen molar-refractivity contribution < 1.29 is 9.59 Å². The van der Waals surface area contributed by atoms with E-state index in [-0.39, 0.29) is 24.9 Å². The summed E-state index contributed by atoms with van der Waals surface area (Å²) in [6, 6.07) is 6.08. The van der Waals surface area contributed by atoms with E-state index in [0.717, 1.165) is 18.5 Å². The number of amides is 2. The Kier molecular flexibility index (Phi) is 2.35. The van der Waals surface area contributed by atoms with Gasteiger partial charge in [0.2, 0.25) is 11.8 Å². The Bertz CT molecular complexity index is 496. The Labute approximate surface area is 99.6 Å². The molecule has 0 atom stereocenters. The van der Waals surface area contributed by atoms with Gasteiger partial charge in [-0.2, -0.15) is 0 Å². The van der Waals surface area contributed by atoms with Crippen LogP contribution in [-0.4, -0.2) is 24.9 Å². The smallest absolute Gasteiger partial charge is 0.246 e. The standard InChI is InChI=1S/C13H14N2O2/c16-12-8-15(13(17)7-14-12)11-5-4-9-2-1-3-10(9)6-11/h4-6H,1-3,7-8H2,(H,14,16). The van der Waals surface area contributed by atoms with Gasteiger partial charge in [-0.15, -0.1) is 0 Å². The molecular weight excluding hydrogens is 216 g/mol. The maximum absolute atomic E-state index is 11.8. The molecule has 2 aliphatic rings. The molecule has 1 saturated heterocycles. The fourth-order valence-corrected chi connectivity index (χ4v) is 2.52. The minimum Gasteiger partial charge on any atom is -0.345 e. The van der Waals surface area contributed by atoms with Crippen molar-refractivity contribution >= 4 is 17.5 Å². The normalized spacial score (nSPS) is 19.2. The van der Waals surface area contributed by atoms with Gasteiger partial charge in [0.1, 0.15) is 6.54 Å². The molecule has 0 spiro atoms. The van der Waals surface area contributed by atoms with Crippen molar-refractivity contribution in [2.45, 2.75) is 19.3 Å². The molecule has 1 heterocycles. The number of piperazine rings is 1. The average molecular weight is 230 g/mol. The zero-order valence-corrected chi connectivity index (χ0v) is 9.53. The molecule has 1 aliphatic carbocycles. The molecule has 4 heteroatoms. The van der Waals surface area contributed by atoms with Crippen molar-refractivity contribution in [1.29, 1.82) is 0 Å². The van der Waals surface area contributed by atoms with Crippen molar-refractivity contribution in [3.8, 4) is 0 Å². The van der Waals surface area contributed by atoms with Gasteiger partial charge in [0.05, 0.1) is 6.54 Å². The molecule has 17 heavy (non-hydrogen) atoms. The summed E-state index contributed by atoms with van der Waals surface area (Å²) < 4.78 is 0. The molecule has 1 N–H and O–H groups in total. The Morgan fingerprint density at radius 2 is 1.94 bits per heavy atom. The highest BCUT2D eigenvalue weighted by Crippen LogP contribution is 2.27. The molecule has 0 bridgehead atoms. The number of hydrogen-bond donors (Lipinski definition) is 1. The van der Waals surface area contributed by atoms with Gasteiger partial charge in [0.15, 0.2) is 0 Å². The predicted molar refractivity (Wildman–Crippen MR) is 63.8 cm³/mol. The molecule has 1 aromatic carbocycles. The van der Waals surface area contributed by atoms with E-state index >= 15 is 0 Å². The van der Waals surface area contributed by atoms with E-state index in [2.05, 4.69) is 17.4 Å². The second-order valence-electron chi connectivity index (χ2n) is 4.56.